The van der Waals surface area contributed by atoms with Crippen LogP contribution in [0.4, 0.5) is 11.4 Å². The lowest BCUT2D eigenvalue weighted by Gasteiger charge is -2.06. The van der Waals surface area contributed by atoms with E-state index in [9.17, 15) is 10.1 Å². The molecule has 106 valence electrons. The number of nitrogens with zero attached hydrogens (tertiary/aromatic N) is 1. The van der Waals surface area contributed by atoms with Crippen molar-refractivity contribution < 1.29 is 4.92 Å². The lowest BCUT2D eigenvalue weighted by molar-refractivity contribution is -0.385. The molecule has 4 nitrogen and oxygen atoms in total. The zero-order valence-corrected chi connectivity index (χ0v) is 14.6. The average molecular weight is 420 g/mol. The number of rotatable bonds is 5. The van der Waals surface area contributed by atoms with Crippen LogP contribution in [0.25, 0.3) is 0 Å². The molecular formula is C13H12Br2N2O2S. The summed E-state index contributed by atoms with van der Waals surface area (Å²) in [5.74, 6) is 0. The van der Waals surface area contributed by atoms with Gasteiger partial charge in [0.15, 0.2) is 0 Å². The highest BCUT2D eigenvalue weighted by molar-refractivity contribution is 9.13. The second-order valence-corrected chi connectivity index (χ2v) is 7.45. The van der Waals surface area contributed by atoms with E-state index in [4.69, 9.17) is 0 Å². The molecule has 1 N–H and O–H groups in total. The monoisotopic (exact) mass is 418 g/mol. The van der Waals surface area contributed by atoms with E-state index in [0.29, 0.717) is 13.0 Å². The van der Waals surface area contributed by atoms with Crippen molar-refractivity contribution in [1.82, 2.24) is 0 Å². The molecule has 20 heavy (non-hydrogen) atoms. The van der Waals surface area contributed by atoms with Crippen LogP contribution in [0.15, 0.2) is 32.5 Å². The first-order valence-electron chi connectivity index (χ1n) is 5.96. The van der Waals surface area contributed by atoms with Crippen LogP contribution in [-0.2, 0) is 13.0 Å². The van der Waals surface area contributed by atoms with Gasteiger partial charge >= 0.3 is 0 Å². The molecule has 0 spiro atoms. The topological polar surface area (TPSA) is 55.2 Å². The Morgan fingerprint density at radius 1 is 1.35 bits per heavy atom. The molecule has 2 aromatic rings. The SMILES string of the molecule is CCc1ccc(NCc2cc(Br)c(Br)s2)cc1[N+](=O)[O-]. The maximum atomic E-state index is 11.0. The van der Waals surface area contributed by atoms with E-state index in [0.717, 1.165) is 24.4 Å². The summed E-state index contributed by atoms with van der Waals surface area (Å²) in [7, 11) is 0. The summed E-state index contributed by atoms with van der Waals surface area (Å²) in [6, 6.07) is 7.30. The molecule has 0 aliphatic carbocycles. The summed E-state index contributed by atoms with van der Waals surface area (Å²) >= 11 is 8.51. The minimum absolute atomic E-state index is 0.172. The van der Waals surface area contributed by atoms with E-state index in [2.05, 4.69) is 37.2 Å². The van der Waals surface area contributed by atoms with E-state index >= 15 is 0 Å². The smallest absolute Gasteiger partial charge is 0.274 e. The number of hydrogen-bond acceptors (Lipinski definition) is 4. The summed E-state index contributed by atoms with van der Waals surface area (Å²) in [6.45, 7) is 2.55. The summed E-state index contributed by atoms with van der Waals surface area (Å²) < 4.78 is 2.06. The second kappa shape index (κ2) is 6.69. The Labute approximate surface area is 137 Å². The van der Waals surface area contributed by atoms with Crippen LogP contribution in [0, 0.1) is 10.1 Å². The third kappa shape index (κ3) is 3.59. The van der Waals surface area contributed by atoms with Gasteiger partial charge in [0.1, 0.15) is 0 Å². The van der Waals surface area contributed by atoms with Crippen LogP contribution in [0.5, 0.6) is 0 Å². The molecule has 0 radical (unpaired) electrons. The normalized spacial score (nSPS) is 10.6. The van der Waals surface area contributed by atoms with E-state index in [-0.39, 0.29) is 10.6 Å². The standard InChI is InChI=1S/C13H12Br2N2O2S/c1-2-8-3-4-9(5-12(8)17(18)19)16-7-10-6-11(14)13(15)20-10/h3-6,16H,2,7H2,1H3. The maximum absolute atomic E-state index is 11.0. The quantitative estimate of drug-likeness (QED) is 0.524. The predicted molar refractivity (Wildman–Crippen MR) is 89.5 cm³/mol. The third-order valence-electron chi connectivity index (χ3n) is 2.83. The Kier molecular flexibility index (Phi) is 5.17. The first-order chi connectivity index (χ1) is 9.51. The van der Waals surface area contributed by atoms with Crippen LogP contribution in [0.2, 0.25) is 0 Å². The average Bonchev–Trinajstić information content (AvgIpc) is 2.75. The van der Waals surface area contributed by atoms with Gasteiger partial charge in [0.25, 0.3) is 5.69 Å². The fraction of sp³-hybridized carbons (Fsp3) is 0.231. The van der Waals surface area contributed by atoms with Gasteiger partial charge in [-0.2, -0.15) is 0 Å². The van der Waals surface area contributed by atoms with E-state index < -0.39 is 0 Å². The number of hydrogen-bond donors (Lipinski definition) is 1. The van der Waals surface area contributed by atoms with Gasteiger partial charge in [0.05, 0.1) is 8.71 Å². The van der Waals surface area contributed by atoms with E-state index in [1.165, 1.54) is 0 Å². The van der Waals surface area contributed by atoms with Crippen LogP contribution >= 0.6 is 43.2 Å². The molecule has 0 saturated heterocycles. The summed E-state index contributed by atoms with van der Waals surface area (Å²) in [5, 5.41) is 14.2. The van der Waals surface area contributed by atoms with Crippen molar-refractivity contribution in [3.05, 3.63) is 53.1 Å². The van der Waals surface area contributed by atoms with Crippen LogP contribution < -0.4 is 5.32 Å². The molecule has 0 unspecified atom stereocenters. The van der Waals surface area contributed by atoms with E-state index in [1.54, 1.807) is 23.5 Å². The lowest BCUT2D eigenvalue weighted by atomic mass is 10.1. The number of benzene rings is 1. The van der Waals surface area contributed by atoms with Crippen molar-refractivity contribution in [2.45, 2.75) is 19.9 Å². The van der Waals surface area contributed by atoms with Crippen LogP contribution in [0.1, 0.15) is 17.4 Å². The van der Waals surface area contributed by atoms with Gasteiger partial charge in [-0.15, -0.1) is 11.3 Å². The van der Waals surface area contributed by atoms with Gasteiger partial charge in [-0.3, -0.25) is 10.1 Å². The second-order valence-electron chi connectivity index (χ2n) is 4.14. The Hall–Kier alpha value is -0.920. The third-order valence-corrected chi connectivity index (χ3v) is 6.08. The fourth-order valence-electron chi connectivity index (χ4n) is 1.81. The van der Waals surface area contributed by atoms with E-state index in [1.807, 2.05) is 19.1 Å². The minimum Gasteiger partial charge on any atom is -0.380 e. The predicted octanol–water partition coefficient (Wildman–Crippen LogP) is 5.36. The fourth-order valence-corrected chi connectivity index (χ4v) is 3.93. The van der Waals surface area contributed by atoms with Gasteiger partial charge in [-0.1, -0.05) is 13.0 Å². The molecule has 0 bridgehead atoms. The van der Waals surface area contributed by atoms with Crippen LogP contribution in [-0.4, -0.2) is 4.92 Å². The lowest BCUT2D eigenvalue weighted by Crippen LogP contribution is -2.00. The van der Waals surface area contributed by atoms with Crippen molar-refractivity contribution in [2.24, 2.45) is 0 Å². The van der Waals surface area contributed by atoms with Crippen LogP contribution in [0.3, 0.4) is 0 Å². The van der Waals surface area contributed by atoms with Crippen molar-refractivity contribution in [2.75, 3.05) is 5.32 Å². The molecule has 0 aliphatic heterocycles. The highest BCUT2D eigenvalue weighted by atomic mass is 79.9. The maximum Gasteiger partial charge on any atom is 0.274 e. The molecule has 0 fully saturated rings. The van der Waals surface area contributed by atoms with Gasteiger partial charge < -0.3 is 5.32 Å². The molecule has 7 heteroatoms. The Morgan fingerprint density at radius 2 is 2.10 bits per heavy atom. The number of nitrogens with one attached hydrogen (secondary N) is 1. The minimum atomic E-state index is -0.331. The highest BCUT2D eigenvalue weighted by Crippen LogP contribution is 2.33. The number of aryl methyl sites for hydroxylation is 1. The molecular weight excluding hydrogens is 408 g/mol. The van der Waals surface area contributed by atoms with Gasteiger partial charge in [0.2, 0.25) is 0 Å². The zero-order chi connectivity index (χ0) is 14.7. The Morgan fingerprint density at radius 3 is 2.65 bits per heavy atom. The van der Waals surface area contributed by atoms with Crippen molar-refractivity contribution >= 4 is 54.6 Å². The summed E-state index contributed by atoms with van der Waals surface area (Å²) in [5.41, 5.74) is 1.68. The summed E-state index contributed by atoms with van der Waals surface area (Å²) in [4.78, 5) is 11.8. The molecule has 1 heterocycles. The molecule has 0 aliphatic rings. The van der Waals surface area contributed by atoms with Crippen molar-refractivity contribution in [3.63, 3.8) is 0 Å². The Balaban J connectivity index is 2.13. The van der Waals surface area contributed by atoms with Gasteiger partial charge in [-0.25, -0.2) is 0 Å². The summed E-state index contributed by atoms with van der Waals surface area (Å²) in [6.07, 6.45) is 0.654. The zero-order valence-electron chi connectivity index (χ0n) is 10.7. The first-order valence-corrected chi connectivity index (χ1v) is 8.36. The Bertz CT molecular complexity index is 624. The number of halogens is 2. The molecule has 1 aromatic carbocycles. The largest absolute Gasteiger partial charge is 0.380 e. The molecule has 0 amide bonds. The van der Waals surface area contributed by atoms with Gasteiger partial charge in [0, 0.05) is 33.2 Å². The highest BCUT2D eigenvalue weighted by Gasteiger charge is 2.13. The number of anilines is 1. The number of nitro groups is 1. The molecule has 2 rings (SSSR count). The van der Waals surface area contributed by atoms with Crippen molar-refractivity contribution in [3.8, 4) is 0 Å². The van der Waals surface area contributed by atoms with Crippen molar-refractivity contribution in [1.29, 1.82) is 0 Å². The number of nitro benzene ring substituents is 1. The molecule has 0 saturated carbocycles. The first kappa shape index (κ1) is 15.5. The van der Waals surface area contributed by atoms with Gasteiger partial charge in [-0.05, 0) is 50.4 Å². The number of thiophene rings is 1. The molecule has 0 atom stereocenters. The molecule has 1 aromatic heterocycles.